The Morgan fingerprint density at radius 2 is 1.83 bits per heavy atom. The minimum absolute atomic E-state index is 0.887. The van der Waals surface area contributed by atoms with Gasteiger partial charge in [0.05, 0.1) is 0 Å². The van der Waals surface area contributed by atoms with Gasteiger partial charge in [0.1, 0.15) is 0 Å². The van der Waals surface area contributed by atoms with E-state index in [0.29, 0.717) is 0 Å². The van der Waals surface area contributed by atoms with Gasteiger partial charge in [-0.25, -0.2) is 0 Å². The topological polar surface area (TPSA) is 18.5 Å². The largest absolute Gasteiger partial charge is 0.316 e. The third kappa shape index (κ3) is 2.73. The normalized spacial score (nSPS) is 38.8. The molecular formula is C15H29N3. The van der Waals surface area contributed by atoms with E-state index in [-0.39, 0.29) is 0 Å². The van der Waals surface area contributed by atoms with Crippen molar-refractivity contribution in [2.24, 2.45) is 11.8 Å². The number of hydrogen-bond donors (Lipinski definition) is 1. The number of rotatable bonds is 3. The van der Waals surface area contributed by atoms with Gasteiger partial charge in [-0.3, -0.25) is 4.90 Å². The lowest BCUT2D eigenvalue weighted by Gasteiger charge is -2.27. The first kappa shape index (κ1) is 12.9. The molecule has 0 aromatic heterocycles. The SMILES string of the molecule is CCCN1CCCC(N2C[C@H]3CNC[C@H]3C2)CC1. The van der Waals surface area contributed by atoms with Crippen molar-refractivity contribution >= 4 is 0 Å². The second-order valence-electron chi connectivity index (χ2n) is 6.56. The van der Waals surface area contributed by atoms with E-state index in [1.54, 1.807) is 0 Å². The van der Waals surface area contributed by atoms with Crippen molar-refractivity contribution in [3.63, 3.8) is 0 Å². The molecular weight excluding hydrogens is 222 g/mol. The minimum atomic E-state index is 0.887. The monoisotopic (exact) mass is 251 g/mol. The van der Waals surface area contributed by atoms with Crippen molar-refractivity contribution in [2.75, 3.05) is 45.8 Å². The van der Waals surface area contributed by atoms with E-state index in [0.717, 1.165) is 17.9 Å². The average molecular weight is 251 g/mol. The molecule has 0 radical (unpaired) electrons. The Balaban J connectivity index is 1.51. The Kier molecular flexibility index (Phi) is 4.22. The van der Waals surface area contributed by atoms with Crippen LogP contribution in [0.2, 0.25) is 0 Å². The van der Waals surface area contributed by atoms with Gasteiger partial charge < -0.3 is 10.2 Å². The van der Waals surface area contributed by atoms with Crippen LogP contribution in [0.15, 0.2) is 0 Å². The molecule has 0 aliphatic carbocycles. The van der Waals surface area contributed by atoms with Gasteiger partial charge in [0.25, 0.3) is 0 Å². The predicted molar refractivity (Wildman–Crippen MR) is 75.8 cm³/mol. The Morgan fingerprint density at radius 1 is 1.06 bits per heavy atom. The highest BCUT2D eigenvalue weighted by atomic mass is 15.2. The average Bonchev–Trinajstić information content (AvgIpc) is 2.86. The maximum Gasteiger partial charge on any atom is 0.0108 e. The van der Waals surface area contributed by atoms with Crippen molar-refractivity contribution < 1.29 is 0 Å². The number of nitrogens with zero attached hydrogens (tertiary/aromatic N) is 2. The first-order valence-electron chi connectivity index (χ1n) is 8.04. The highest BCUT2D eigenvalue weighted by molar-refractivity contribution is 4.94. The summed E-state index contributed by atoms with van der Waals surface area (Å²) in [5.41, 5.74) is 0. The van der Waals surface area contributed by atoms with Gasteiger partial charge in [0, 0.05) is 19.1 Å². The number of hydrogen-bond acceptors (Lipinski definition) is 3. The van der Waals surface area contributed by atoms with Crippen molar-refractivity contribution in [1.82, 2.24) is 15.1 Å². The van der Waals surface area contributed by atoms with E-state index < -0.39 is 0 Å². The zero-order chi connectivity index (χ0) is 12.4. The first-order valence-corrected chi connectivity index (χ1v) is 8.04. The summed E-state index contributed by atoms with van der Waals surface area (Å²) in [6.45, 7) is 11.6. The second kappa shape index (κ2) is 5.89. The van der Waals surface area contributed by atoms with Crippen LogP contribution >= 0.6 is 0 Å². The lowest BCUT2D eigenvalue weighted by atomic mass is 10.0. The molecule has 3 saturated heterocycles. The van der Waals surface area contributed by atoms with Gasteiger partial charge in [-0.2, -0.15) is 0 Å². The molecule has 3 heteroatoms. The maximum atomic E-state index is 3.55. The molecule has 3 aliphatic rings. The molecule has 3 aliphatic heterocycles. The molecule has 18 heavy (non-hydrogen) atoms. The molecule has 0 saturated carbocycles. The second-order valence-corrected chi connectivity index (χ2v) is 6.56. The molecule has 0 bridgehead atoms. The van der Waals surface area contributed by atoms with Crippen molar-refractivity contribution in [3.8, 4) is 0 Å². The van der Waals surface area contributed by atoms with Crippen molar-refractivity contribution in [1.29, 1.82) is 0 Å². The highest BCUT2D eigenvalue weighted by Crippen LogP contribution is 2.30. The van der Waals surface area contributed by atoms with Gasteiger partial charge >= 0.3 is 0 Å². The molecule has 0 aromatic rings. The van der Waals surface area contributed by atoms with Gasteiger partial charge in [-0.1, -0.05) is 6.92 Å². The summed E-state index contributed by atoms with van der Waals surface area (Å²) in [7, 11) is 0. The van der Waals surface area contributed by atoms with Crippen LogP contribution in [0.1, 0.15) is 32.6 Å². The van der Waals surface area contributed by atoms with E-state index in [2.05, 4.69) is 22.0 Å². The summed E-state index contributed by atoms with van der Waals surface area (Å²) in [6, 6.07) is 0.887. The summed E-state index contributed by atoms with van der Waals surface area (Å²) >= 11 is 0. The van der Waals surface area contributed by atoms with Gasteiger partial charge in [0.15, 0.2) is 0 Å². The summed E-state index contributed by atoms with van der Waals surface area (Å²) in [5, 5.41) is 3.55. The Labute approximate surface area is 112 Å². The van der Waals surface area contributed by atoms with Crippen molar-refractivity contribution in [2.45, 2.75) is 38.6 Å². The quantitative estimate of drug-likeness (QED) is 0.818. The first-order chi connectivity index (χ1) is 8.86. The molecule has 0 spiro atoms. The van der Waals surface area contributed by atoms with Crippen LogP contribution in [0.25, 0.3) is 0 Å². The van der Waals surface area contributed by atoms with Crippen LogP contribution in [0, 0.1) is 11.8 Å². The molecule has 104 valence electrons. The predicted octanol–water partition coefficient (Wildman–Crippen LogP) is 1.40. The molecule has 0 aromatic carbocycles. The summed E-state index contributed by atoms with van der Waals surface area (Å²) in [4.78, 5) is 5.50. The summed E-state index contributed by atoms with van der Waals surface area (Å²) in [6.07, 6.45) is 5.57. The van der Waals surface area contributed by atoms with Crippen LogP contribution < -0.4 is 5.32 Å². The number of fused-ring (bicyclic) bond motifs is 1. The van der Waals surface area contributed by atoms with Gasteiger partial charge in [0.2, 0.25) is 0 Å². The fraction of sp³-hybridized carbons (Fsp3) is 1.00. The molecule has 3 nitrogen and oxygen atoms in total. The molecule has 3 heterocycles. The molecule has 3 fully saturated rings. The number of nitrogens with one attached hydrogen (secondary N) is 1. The third-order valence-corrected chi connectivity index (χ3v) is 5.26. The molecule has 0 amide bonds. The Morgan fingerprint density at radius 3 is 2.56 bits per heavy atom. The summed E-state index contributed by atoms with van der Waals surface area (Å²) in [5.74, 6) is 1.92. The minimum Gasteiger partial charge on any atom is -0.316 e. The van der Waals surface area contributed by atoms with Crippen LogP contribution in [0.3, 0.4) is 0 Å². The van der Waals surface area contributed by atoms with Crippen LogP contribution in [-0.4, -0.2) is 61.7 Å². The highest BCUT2D eigenvalue weighted by Gasteiger charge is 2.38. The molecule has 3 atom stereocenters. The maximum absolute atomic E-state index is 3.55. The van der Waals surface area contributed by atoms with E-state index in [4.69, 9.17) is 0 Å². The summed E-state index contributed by atoms with van der Waals surface area (Å²) < 4.78 is 0. The fourth-order valence-electron chi connectivity index (χ4n) is 4.23. The van der Waals surface area contributed by atoms with E-state index in [9.17, 15) is 0 Å². The zero-order valence-corrected chi connectivity index (χ0v) is 11.9. The number of likely N-dealkylation sites (tertiary alicyclic amines) is 2. The Hall–Kier alpha value is -0.120. The van der Waals surface area contributed by atoms with Gasteiger partial charge in [-0.05, 0) is 70.2 Å². The standard InChI is InChI=1S/C15H29N3/c1-2-6-17-7-3-4-15(5-8-17)18-11-13-9-16-10-14(13)12-18/h13-16H,2-12H2,1H3/t13-,14+,15?. The lowest BCUT2D eigenvalue weighted by molar-refractivity contribution is 0.202. The third-order valence-electron chi connectivity index (χ3n) is 5.26. The van der Waals surface area contributed by atoms with E-state index in [1.807, 2.05) is 0 Å². The van der Waals surface area contributed by atoms with Crippen LogP contribution in [0.4, 0.5) is 0 Å². The van der Waals surface area contributed by atoms with E-state index >= 15 is 0 Å². The fourth-order valence-corrected chi connectivity index (χ4v) is 4.23. The van der Waals surface area contributed by atoms with Crippen LogP contribution in [0.5, 0.6) is 0 Å². The van der Waals surface area contributed by atoms with Gasteiger partial charge in [-0.15, -0.1) is 0 Å². The van der Waals surface area contributed by atoms with Crippen LogP contribution in [-0.2, 0) is 0 Å². The molecule has 3 rings (SSSR count). The lowest BCUT2D eigenvalue weighted by Crippen LogP contribution is -2.36. The van der Waals surface area contributed by atoms with Crippen molar-refractivity contribution in [3.05, 3.63) is 0 Å². The van der Waals surface area contributed by atoms with E-state index in [1.165, 1.54) is 71.5 Å². The zero-order valence-electron chi connectivity index (χ0n) is 11.9. The molecule has 1 N–H and O–H groups in total. The Bertz CT molecular complexity index is 256. The smallest absolute Gasteiger partial charge is 0.0108 e. The molecule has 1 unspecified atom stereocenters.